The molecule has 0 saturated heterocycles. The number of anilines is 6. The smallest absolute Gasteiger partial charge is 0.0561 e. The van der Waals surface area contributed by atoms with Gasteiger partial charge in [-0.1, -0.05) is 127 Å². The number of nitrogens with zero attached hydrogens (tertiary/aromatic N) is 4. The molecule has 0 radical (unpaired) electrons. The van der Waals surface area contributed by atoms with Gasteiger partial charge in [0.15, 0.2) is 0 Å². The lowest BCUT2D eigenvalue weighted by atomic mass is 10.1. The van der Waals surface area contributed by atoms with Gasteiger partial charge < -0.3 is 18.9 Å². The summed E-state index contributed by atoms with van der Waals surface area (Å²) in [6.45, 7) is 0. The van der Waals surface area contributed by atoms with Crippen molar-refractivity contribution < 1.29 is 0 Å². The third-order valence-corrected chi connectivity index (χ3v) is 11.2. The molecule has 9 aromatic carbocycles. The molecule has 0 spiro atoms. The number of aromatic nitrogens is 2. The Kier molecular flexibility index (Phi) is 8.11. The van der Waals surface area contributed by atoms with E-state index in [9.17, 15) is 0 Å². The summed E-state index contributed by atoms with van der Waals surface area (Å²) in [6, 6.07) is 82.8. The molecule has 274 valence electrons. The van der Waals surface area contributed by atoms with E-state index in [1.807, 2.05) is 0 Å². The van der Waals surface area contributed by atoms with Crippen molar-refractivity contribution in [2.45, 2.75) is 0 Å². The fraction of sp³-hybridized carbons (Fsp3) is 0. The zero-order chi connectivity index (χ0) is 38.4. The van der Waals surface area contributed by atoms with E-state index in [1.54, 1.807) is 0 Å². The highest BCUT2D eigenvalue weighted by atomic mass is 15.2. The molecule has 0 fully saturated rings. The third kappa shape index (κ3) is 5.62. The van der Waals surface area contributed by atoms with E-state index < -0.39 is 0 Å². The van der Waals surface area contributed by atoms with Crippen LogP contribution in [0.15, 0.2) is 231 Å². The monoisotopic (exact) mass is 742 g/mol. The lowest BCUT2D eigenvalue weighted by molar-refractivity contribution is 1.17. The maximum Gasteiger partial charge on any atom is 0.0561 e. The van der Waals surface area contributed by atoms with Crippen LogP contribution in [0.1, 0.15) is 0 Å². The maximum absolute atomic E-state index is 2.38. The van der Waals surface area contributed by atoms with Crippen molar-refractivity contribution in [3.63, 3.8) is 0 Å². The Balaban J connectivity index is 1.10. The lowest BCUT2D eigenvalue weighted by Gasteiger charge is -2.29. The van der Waals surface area contributed by atoms with Gasteiger partial charge in [0.1, 0.15) is 0 Å². The molecule has 0 aliphatic rings. The van der Waals surface area contributed by atoms with Crippen molar-refractivity contribution in [2.24, 2.45) is 0 Å². The second-order valence-electron chi connectivity index (χ2n) is 14.6. The summed E-state index contributed by atoms with van der Waals surface area (Å²) in [5.74, 6) is 0. The Morgan fingerprint density at radius 3 is 0.983 bits per heavy atom. The molecular formula is C54H38N4. The zero-order valence-corrected chi connectivity index (χ0v) is 31.7. The van der Waals surface area contributed by atoms with Gasteiger partial charge in [0, 0.05) is 67.0 Å². The Bertz CT molecular complexity index is 3010. The number of hydrogen-bond acceptors (Lipinski definition) is 2. The molecule has 0 aliphatic carbocycles. The Hall–Kier alpha value is -7.82. The molecular weight excluding hydrogens is 705 g/mol. The molecule has 0 aliphatic heterocycles. The average Bonchev–Trinajstić information content (AvgIpc) is 3.80. The largest absolute Gasteiger partial charge is 0.310 e. The summed E-state index contributed by atoms with van der Waals surface area (Å²) < 4.78 is 4.77. The number of fused-ring (bicyclic) bond motifs is 6. The van der Waals surface area contributed by atoms with Gasteiger partial charge in [-0.15, -0.1) is 0 Å². The second-order valence-corrected chi connectivity index (χ2v) is 14.6. The Labute approximate surface area is 337 Å². The highest BCUT2D eigenvalue weighted by molar-refractivity contribution is 6.11. The van der Waals surface area contributed by atoms with Gasteiger partial charge in [-0.2, -0.15) is 0 Å². The van der Waals surface area contributed by atoms with E-state index in [-0.39, 0.29) is 0 Å². The predicted octanol–water partition coefficient (Wildman–Crippen LogP) is 14.8. The summed E-state index contributed by atoms with van der Waals surface area (Å²) in [7, 11) is 0. The summed E-state index contributed by atoms with van der Waals surface area (Å²) in [4.78, 5) is 4.74. The van der Waals surface area contributed by atoms with Crippen molar-refractivity contribution >= 4 is 77.7 Å². The fourth-order valence-electron chi connectivity index (χ4n) is 8.73. The number of rotatable bonds is 8. The van der Waals surface area contributed by atoms with Crippen LogP contribution in [0.4, 0.5) is 34.1 Å². The van der Waals surface area contributed by atoms with Gasteiger partial charge in [-0.25, -0.2) is 0 Å². The third-order valence-electron chi connectivity index (χ3n) is 11.2. The second kappa shape index (κ2) is 14.0. The van der Waals surface area contributed by atoms with Crippen LogP contribution in [0.5, 0.6) is 0 Å². The van der Waals surface area contributed by atoms with Crippen LogP contribution in [0.3, 0.4) is 0 Å². The first kappa shape index (κ1) is 33.5. The van der Waals surface area contributed by atoms with Gasteiger partial charge in [0.25, 0.3) is 0 Å². The maximum atomic E-state index is 2.38. The molecule has 2 heterocycles. The van der Waals surface area contributed by atoms with Crippen molar-refractivity contribution in [1.82, 2.24) is 9.13 Å². The molecule has 0 N–H and O–H groups in total. The Morgan fingerprint density at radius 1 is 0.224 bits per heavy atom. The first-order valence-corrected chi connectivity index (χ1v) is 19.8. The standard InChI is InChI=1S/C54H38N4/c1-5-18-39(19-6-1)55(45-32-34-49-47-28-13-15-30-51(47)57(53(49)37-45)41-22-9-3-10-23-41)43-26-17-27-44(36-43)56(40-20-7-2-8-21-40)46-33-35-50-48-29-14-16-31-52(48)58(54(50)38-46)42-24-11-4-12-25-42/h1-38H. The highest BCUT2D eigenvalue weighted by Gasteiger charge is 2.21. The molecule has 2 aromatic heterocycles. The van der Waals surface area contributed by atoms with Crippen LogP contribution < -0.4 is 9.80 Å². The molecule has 0 atom stereocenters. The molecule has 0 bridgehead atoms. The molecule has 11 rings (SSSR count). The molecule has 0 unspecified atom stereocenters. The summed E-state index contributed by atoms with van der Waals surface area (Å²) in [6.07, 6.45) is 0. The first-order chi connectivity index (χ1) is 28.8. The molecule has 0 saturated carbocycles. The summed E-state index contributed by atoms with van der Waals surface area (Å²) >= 11 is 0. The van der Waals surface area contributed by atoms with E-state index >= 15 is 0 Å². The van der Waals surface area contributed by atoms with E-state index in [0.29, 0.717) is 0 Å². The molecule has 4 heteroatoms. The van der Waals surface area contributed by atoms with Crippen molar-refractivity contribution in [1.29, 1.82) is 0 Å². The molecule has 58 heavy (non-hydrogen) atoms. The van der Waals surface area contributed by atoms with E-state index in [2.05, 4.69) is 249 Å². The van der Waals surface area contributed by atoms with Gasteiger partial charge in [-0.3, -0.25) is 0 Å². The van der Waals surface area contributed by atoms with Gasteiger partial charge >= 0.3 is 0 Å². The zero-order valence-electron chi connectivity index (χ0n) is 31.7. The minimum atomic E-state index is 1.06. The minimum absolute atomic E-state index is 1.06. The summed E-state index contributed by atoms with van der Waals surface area (Å²) in [5, 5.41) is 4.93. The van der Waals surface area contributed by atoms with Crippen molar-refractivity contribution in [3.05, 3.63) is 231 Å². The normalized spacial score (nSPS) is 11.4. The van der Waals surface area contributed by atoms with Gasteiger partial charge in [0.2, 0.25) is 0 Å². The van der Waals surface area contributed by atoms with Crippen molar-refractivity contribution in [2.75, 3.05) is 9.80 Å². The fourth-order valence-corrected chi connectivity index (χ4v) is 8.73. The Morgan fingerprint density at radius 2 is 0.552 bits per heavy atom. The van der Waals surface area contributed by atoms with Crippen molar-refractivity contribution in [3.8, 4) is 11.4 Å². The topological polar surface area (TPSA) is 16.3 Å². The average molecular weight is 743 g/mol. The van der Waals surface area contributed by atoms with Gasteiger partial charge in [-0.05, 0) is 103 Å². The quantitative estimate of drug-likeness (QED) is 0.154. The van der Waals surface area contributed by atoms with Crippen LogP contribution in [-0.2, 0) is 0 Å². The van der Waals surface area contributed by atoms with Crippen LogP contribution in [0.25, 0.3) is 55.0 Å². The van der Waals surface area contributed by atoms with Crippen LogP contribution >= 0.6 is 0 Å². The molecule has 11 aromatic rings. The SMILES string of the molecule is c1ccc(N(c2cccc(N(c3ccccc3)c3ccc4c5ccccc5n(-c5ccccc5)c4c3)c2)c2ccc3c4ccccc4n(-c4ccccc4)c3c2)cc1. The van der Waals surface area contributed by atoms with Crippen LogP contribution in [0.2, 0.25) is 0 Å². The summed E-state index contributed by atoms with van der Waals surface area (Å²) in [5.41, 5.74) is 13.4. The lowest BCUT2D eigenvalue weighted by Crippen LogP contribution is -2.13. The van der Waals surface area contributed by atoms with E-state index in [0.717, 1.165) is 56.5 Å². The first-order valence-electron chi connectivity index (χ1n) is 19.8. The van der Waals surface area contributed by atoms with Crippen LogP contribution in [0, 0.1) is 0 Å². The molecule has 4 nitrogen and oxygen atoms in total. The highest BCUT2D eigenvalue weighted by Crippen LogP contribution is 2.44. The minimum Gasteiger partial charge on any atom is -0.310 e. The van der Waals surface area contributed by atoms with Gasteiger partial charge in [0.05, 0.1) is 22.1 Å². The van der Waals surface area contributed by atoms with E-state index in [4.69, 9.17) is 0 Å². The predicted molar refractivity (Wildman–Crippen MR) is 244 cm³/mol. The number of hydrogen-bond donors (Lipinski definition) is 0. The number of para-hydroxylation sites is 6. The van der Waals surface area contributed by atoms with E-state index in [1.165, 1.54) is 32.6 Å². The molecule has 0 amide bonds. The van der Waals surface area contributed by atoms with Crippen LogP contribution in [-0.4, -0.2) is 9.13 Å². The number of benzene rings is 9.